The Labute approximate surface area is 135 Å². The maximum absolute atomic E-state index is 12.2. The smallest absolute Gasteiger partial charge is 0.309 e. The van der Waals surface area contributed by atoms with E-state index in [1.165, 1.54) is 0 Å². The molecule has 1 aromatic heterocycles. The van der Waals surface area contributed by atoms with Crippen molar-refractivity contribution >= 4 is 22.8 Å². The van der Waals surface area contributed by atoms with Gasteiger partial charge in [-0.25, -0.2) is 0 Å². The molecule has 0 bridgehead atoms. The first-order valence-corrected chi connectivity index (χ1v) is 7.80. The molecule has 1 aromatic carbocycles. The maximum Gasteiger partial charge on any atom is 0.309 e. The summed E-state index contributed by atoms with van der Waals surface area (Å²) >= 11 is 0. The van der Waals surface area contributed by atoms with Crippen LogP contribution in [0.15, 0.2) is 30.3 Å². The van der Waals surface area contributed by atoms with E-state index in [0.29, 0.717) is 13.0 Å². The van der Waals surface area contributed by atoms with Crippen LogP contribution in [0, 0.1) is 12.8 Å². The molecule has 0 unspecified atom stereocenters. The fourth-order valence-corrected chi connectivity index (χ4v) is 2.93. The molecule has 5 heteroatoms. The molecule has 0 aliphatic carbocycles. The van der Waals surface area contributed by atoms with Crippen molar-refractivity contribution in [3.05, 3.63) is 41.6 Å². The maximum atomic E-state index is 12.2. The molecule has 1 saturated heterocycles. The van der Waals surface area contributed by atoms with E-state index < -0.39 is 0 Å². The van der Waals surface area contributed by atoms with Crippen molar-refractivity contribution in [3.8, 4) is 0 Å². The summed E-state index contributed by atoms with van der Waals surface area (Å²) in [4.78, 5) is 30.1. The number of carbonyl (C=O) groups is 2. The van der Waals surface area contributed by atoms with Crippen LogP contribution in [0.3, 0.4) is 0 Å². The molecule has 1 aliphatic heterocycles. The number of para-hydroxylation sites is 1. The second-order valence-electron chi connectivity index (χ2n) is 6.05. The highest BCUT2D eigenvalue weighted by molar-refractivity contribution is 5.85. The van der Waals surface area contributed by atoms with Crippen molar-refractivity contribution < 1.29 is 14.3 Å². The number of pyridine rings is 1. The molecule has 0 N–H and O–H groups in total. The molecule has 23 heavy (non-hydrogen) atoms. The van der Waals surface area contributed by atoms with Gasteiger partial charge in [0.25, 0.3) is 0 Å². The van der Waals surface area contributed by atoms with Crippen LogP contribution in [0.25, 0.3) is 10.9 Å². The zero-order valence-electron chi connectivity index (χ0n) is 13.4. The number of rotatable bonds is 3. The van der Waals surface area contributed by atoms with Gasteiger partial charge in [0, 0.05) is 36.7 Å². The lowest BCUT2D eigenvalue weighted by Crippen LogP contribution is -2.38. The highest BCUT2D eigenvalue weighted by Crippen LogP contribution is 2.22. The summed E-state index contributed by atoms with van der Waals surface area (Å²) in [5.74, 6) is -0.610. The predicted molar refractivity (Wildman–Crippen MR) is 86.6 cm³/mol. The molecule has 2 aromatic rings. The normalized spacial score (nSPS) is 18.3. The predicted octanol–water partition coefficient (Wildman–Crippen LogP) is 2.45. The number of fused-ring (bicyclic) bond motifs is 1. The first-order chi connectivity index (χ1) is 11.0. The van der Waals surface area contributed by atoms with Gasteiger partial charge in [0.2, 0.25) is 5.91 Å². The van der Waals surface area contributed by atoms with Gasteiger partial charge in [0.05, 0.1) is 11.4 Å². The number of esters is 1. The molecular formula is C18H20N2O3. The Morgan fingerprint density at radius 1 is 1.39 bits per heavy atom. The average molecular weight is 312 g/mol. The number of aryl methyl sites for hydroxylation is 1. The molecule has 1 fully saturated rings. The van der Waals surface area contributed by atoms with Crippen LogP contribution in [-0.2, 0) is 20.9 Å². The number of carbonyl (C=O) groups excluding carboxylic acids is 2. The van der Waals surface area contributed by atoms with Gasteiger partial charge in [-0.2, -0.15) is 0 Å². The monoisotopic (exact) mass is 312 g/mol. The number of piperidine rings is 1. The van der Waals surface area contributed by atoms with Crippen molar-refractivity contribution in [3.63, 3.8) is 0 Å². The van der Waals surface area contributed by atoms with Crippen LogP contribution >= 0.6 is 0 Å². The third-order valence-corrected chi connectivity index (χ3v) is 4.29. The number of nitrogens with zero attached hydrogens (tertiary/aromatic N) is 2. The van der Waals surface area contributed by atoms with E-state index in [4.69, 9.17) is 4.74 Å². The number of aromatic nitrogens is 1. The largest absolute Gasteiger partial charge is 0.461 e. The molecule has 0 radical (unpaired) electrons. The lowest BCUT2D eigenvalue weighted by Gasteiger charge is -2.27. The van der Waals surface area contributed by atoms with Gasteiger partial charge in [-0.1, -0.05) is 18.2 Å². The molecule has 0 spiro atoms. The van der Waals surface area contributed by atoms with Crippen molar-refractivity contribution in [1.82, 2.24) is 9.88 Å². The van der Waals surface area contributed by atoms with E-state index >= 15 is 0 Å². The van der Waals surface area contributed by atoms with Gasteiger partial charge in [-0.15, -0.1) is 0 Å². The number of likely N-dealkylation sites (tertiary alicyclic amines) is 1. The molecule has 1 atom stereocenters. The van der Waals surface area contributed by atoms with Crippen molar-refractivity contribution in [2.24, 2.45) is 5.92 Å². The van der Waals surface area contributed by atoms with Gasteiger partial charge >= 0.3 is 5.97 Å². The molecule has 120 valence electrons. The highest BCUT2D eigenvalue weighted by atomic mass is 16.5. The first-order valence-electron chi connectivity index (χ1n) is 7.80. The van der Waals surface area contributed by atoms with Gasteiger partial charge in [-0.3, -0.25) is 14.6 Å². The second-order valence-corrected chi connectivity index (χ2v) is 6.05. The standard InChI is InChI=1S/C18H20N2O3/c1-12-9-14(15-5-3-4-6-16(15)19-12)11-23-18(22)13-7-8-20(2)17(21)10-13/h3-6,9,13H,7-8,10-11H2,1-2H3/t13-/m1/s1. The Kier molecular flexibility index (Phi) is 4.28. The Balaban J connectivity index is 1.71. The van der Waals surface area contributed by atoms with E-state index in [1.54, 1.807) is 11.9 Å². The number of benzene rings is 1. The minimum absolute atomic E-state index is 0.00315. The van der Waals surface area contributed by atoms with E-state index in [2.05, 4.69) is 4.98 Å². The van der Waals surface area contributed by atoms with E-state index in [9.17, 15) is 9.59 Å². The van der Waals surface area contributed by atoms with Crippen molar-refractivity contribution in [2.75, 3.05) is 13.6 Å². The summed E-state index contributed by atoms with van der Waals surface area (Å²) in [5.41, 5.74) is 2.73. The number of amides is 1. The fraction of sp³-hybridized carbons (Fsp3) is 0.389. The fourth-order valence-electron chi connectivity index (χ4n) is 2.93. The third kappa shape index (κ3) is 3.33. The average Bonchev–Trinajstić information content (AvgIpc) is 2.54. The molecule has 1 aliphatic rings. The van der Waals surface area contributed by atoms with Crippen LogP contribution in [0.2, 0.25) is 0 Å². The van der Waals surface area contributed by atoms with Gasteiger partial charge in [-0.05, 0) is 25.5 Å². The molecule has 1 amide bonds. The zero-order chi connectivity index (χ0) is 16.4. The quantitative estimate of drug-likeness (QED) is 0.817. The highest BCUT2D eigenvalue weighted by Gasteiger charge is 2.29. The first kappa shape index (κ1) is 15.5. The summed E-state index contributed by atoms with van der Waals surface area (Å²) in [6.07, 6.45) is 0.905. The van der Waals surface area contributed by atoms with Crippen molar-refractivity contribution in [2.45, 2.75) is 26.4 Å². The zero-order valence-corrected chi connectivity index (χ0v) is 13.4. The topological polar surface area (TPSA) is 59.5 Å². The van der Waals surface area contributed by atoms with Crippen LogP contribution in [-0.4, -0.2) is 35.4 Å². The minimum Gasteiger partial charge on any atom is -0.461 e. The summed E-state index contributed by atoms with van der Waals surface area (Å²) in [6, 6.07) is 9.75. The Morgan fingerprint density at radius 3 is 2.96 bits per heavy atom. The van der Waals surface area contributed by atoms with Gasteiger partial charge in [0.15, 0.2) is 0 Å². The second kappa shape index (κ2) is 6.36. The molecule has 2 heterocycles. The van der Waals surface area contributed by atoms with Crippen LogP contribution < -0.4 is 0 Å². The van der Waals surface area contributed by atoms with Gasteiger partial charge < -0.3 is 9.64 Å². The van der Waals surface area contributed by atoms with Gasteiger partial charge in [0.1, 0.15) is 6.61 Å². The molecule has 5 nitrogen and oxygen atoms in total. The van der Waals surface area contributed by atoms with Crippen LogP contribution in [0.5, 0.6) is 0 Å². The van der Waals surface area contributed by atoms with Crippen molar-refractivity contribution in [1.29, 1.82) is 0 Å². The molecule has 3 rings (SSSR count). The van der Waals surface area contributed by atoms with Crippen LogP contribution in [0.4, 0.5) is 0 Å². The summed E-state index contributed by atoms with van der Waals surface area (Å²) < 4.78 is 5.48. The summed E-state index contributed by atoms with van der Waals surface area (Å²) in [6.45, 7) is 2.74. The lowest BCUT2D eigenvalue weighted by atomic mass is 9.97. The number of hydrogen-bond acceptors (Lipinski definition) is 4. The Morgan fingerprint density at radius 2 is 2.17 bits per heavy atom. The number of ether oxygens (including phenoxy) is 1. The number of hydrogen-bond donors (Lipinski definition) is 0. The lowest BCUT2D eigenvalue weighted by molar-refractivity contribution is -0.155. The Bertz CT molecular complexity index is 757. The summed E-state index contributed by atoms with van der Waals surface area (Å²) in [7, 11) is 1.76. The summed E-state index contributed by atoms with van der Waals surface area (Å²) in [5, 5.41) is 0.991. The van der Waals surface area contributed by atoms with Crippen LogP contribution in [0.1, 0.15) is 24.1 Å². The SMILES string of the molecule is Cc1cc(COC(=O)[C@@H]2CCN(C)C(=O)C2)c2ccccc2n1. The third-order valence-electron chi connectivity index (χ3n) is 4.29. The van der Waals surface area contributed by atoms with E-state index in [-0.39, 0.29) is 30.8 Å². The minimum atomic E-state index is -0.326. The molecule has 0 saturated carbocycles. The van der Waals surface area contributed by atoms with E-state index in [1.807, 2.05) is 37.3 Å². The van der Waals surface area contributed by atoms with E-state index in [0.717, 1.165) is 22.2 Å². The molecular weight excluding hydrogens is 292 g/mol. The Hall–Kier alpha value is -2.43.